The summed E-state index contributed by atoms with van der Waals surface area (Å²) in [6.07, 6.45) is 0. The van der Waals surface area contributed by atoms with E-state index in [0.29, 0.717) is 13.1 Å². The van der Waals surface area contributed by atoms with Crippen LogP contribution in [0.15, 0.2) is 53.4 Å². The molecule has 0 aliphatic rings. The van der Waals surface area contributed by atoms with E-state index in [-0.39, 0.29) is 16.8 Å². The number of hydrogen-bond acceptors (Lipinski definition) is 4. The molecule has 2 aromatic carbocycles. The van der Waals surface area contributed by atoms with Gasteiger partial charge in [-0.05, 0) is 56.2 Å². The Bertz CT molecular complexity index is 923. The van der Waals surface area contributed by atoms with Gasteiger partial charge in [0.15, 0.2) is 0 Å². The molecular weight excluding hydrogens is 386 g/mol. The number of carbonyl (C=O) groups is 1. The topological polar surface area (TPSA) is 78.5 Å². The number of anilines is 1. The van der Waals surface area contributed by atoms with Crippen LogP contribution in [-0.4, -0.2) is 37.8 Å². The first-order chi connectivity index (χ1) is 13.7. The quantitative estimate of drug-likeness (QED) is 0.652. The molecule has 1 amide bonds. The number of benzene rings is 2. The van der Waals surface area contributed by atoms with Gasteiger partial charge in [0.25, 0.3) is 0 Å². The number of carbonyl (C=O) groups excluding carboxylic acids is 1. The highest BCUT2D eigenvalue weighted by Crippen LogP contribution is 2.20. The van der Waals surface area contributed by atoms with Gasteiger partial charge >= 0.3 is 0 Å². The molecule has 2 atom stereocenters. The van der Waals surface area contributed by atoms with E-state index in [0.717, 1.165) is 16.8 Å². The average Bonchev–Trinajstić information content (AvgIpc) is 2.68. The Morgan fingerprint density at radius 3 is 2.21 bits per heavy atom. The van der Waals surface area contributed by atoms with Crippen molar-refractivity contribution in [3.8, 4) is 0 Å². The Kier molecular flexibility index (Phi) is 7.96. The van der Waals surface area contributed by atoms with Crippen LogP contribution < -0.4 is 10.6 Å². The monoisotopic (exact) mass is 417 g/mol. The Balaban J connectivity index is 2.03. The molecule has 0 unspecified atom stereocenters. The standard InChI is InChI=1S/C22H31N3O3S/c1-6-25(7-2)29(27,28)21-13-11-19(12-14-21)17(4)23-18(5)22(26)24-20-10-8-9-16(3)15-20/h8-15,17-18,23H,6-7H2,1-5H3,(H,24,26)/t17-,18-/m1/s1. The molecule has 2 aromatic rings. The van der Waals surface area contributed by atoms with Crippen LogP contribution in [0.25, 0.3) is 0 Å². The fraction of sp³-hybridized carbons (Fsp3) is 0.409. The molecule has 0 radical (unpaired) electrons. The van der Waals surface area contributed by atoms with E-state index in [1.54, 1.807) is 31.2 Å². The fourth-order valence-corrected chi connectivity index (χ4v) is 4.62. The van der Waals surface area contributed by atoms with Gasteiger partial charge in [0.1, 0.15) is 0 Å². The van der Waals surface area contributed by atoms with Gasteiger partial charge < -0.3 is 5.32 Å². The second-order valence-electron chi connectivity index (χ2n) is 7.13. The zero-order valence-electron chi connectivity index (χ0n) is 17.8. The maximum Gasteiger partial charge on any atom is 0.243 e. The highest BCUT2D eigenvalue weighted by Gasteiger charge is 2.22. The minimum absolute atomic E-state index is 0.113. The lowest BCUT2D eigenvalue weighted by Crippen LogP contribution is -2.39. The average molecular weight is 418 g/mol. The minimum Gasteiger partial charge on any atom is -0.325 e. The van der Waals surface area contributed by atoms with Gasteiger partial charge in [-0.3, -0.25) is 10.1 Å². The first kappa shape index (κ1) is 23.1. The lowest BCUT2D eigenvalue weighted by molar-refractivity contribution is -0.117. The number of nitrogens with one attached hydrogen (secondary N) is 2. The van der Waals surface area contributed by atoms with Crippen molar-refractivity contribution in [1.29, 1.82) is 0 Å². The van der Waals surface area contributed by atoms with Gasteiger partial charge in [0.2, 0.25) is 15.9 Å². The largest absolute Gasteiger partial charge is 0.325 e. The van der Waals surface area contributed by atoms with E-state index in [2.05, 4.69) is 10.6 Å². The van der Waals surface area contributed by atoms with Crippen LogP contribution in [0.5, 0.6) is 0 Å². The first-order valence-electron chi connectivity index (χ1n) is 9.92. The van der Waals surface area contributed by atoms with Crippen LogP contribution in [0.3, 0.4) is 0 Å². The molecule has 0 spiro atoms. The molecule has 2 rings (SSSR count). The summed E-state index contributed by atoms with van der Waals surface area (Å²) in [4.78, 5) is 12.7. The molecule has 0 aliphatic heterocycles. The molecule has 0 saturated carbocycles. The van der Waals surface area contributed by atoms with Gasteiger partial charge in [0, 0.05) is 24.8 Å². The smallest absolute Gasteiger partial charge is 0.243 e. The third-order valence-corrected chi connectivity index (χ3v) is 6.97. The molecule has 29 heavy (non-hydrogen) atoms. The molecular formula is C22H31N3O3S. The van der Waals surface area contributed by atoms with Crippen LogP contribution in [0.1, 0.15) is 44.9 Å². The van der Waals surface area contributed by atoms with Crippen LogP contribution in [0.4, 0.5) is 5.69 Å². The molecule has 158 valence electrons. The molecule has 6 nitrogen and oxygen atoms in total. The van der Waals surface area contributed by atoms with Crippen LogP contribution in [0.2, 0.25) is 0 Å². The summed E-state index contributed by atoms with van der Waals surface area (Å²) in [7, 11) is -3.47. The van der Waals surface area contributed by atoms with Gasteiger partial charge in [-0.1, -0.05) is 38.1 Å². The fourth-order valence-electron chi connectivity index (χ4n) is 3.16. The Hall–Kier alpha value is -2.22. The van der Waals surface area contributed by atoms with Gasteiger partial charge in [-0.25, -0.2) is 8.42 Å². The Morgan fingerprint density at radius 2 is 1.66 bits per heavy atom. The molecule has 0 heterocycles. The maximum absolute atomic E-state index is 12.6. The molecule has 0 aliphatic carbocycles. The molecule has 0 saturated heterocycles. The van der Waals surface area contributed by atoms with Crippen molar-refractivity contribution in [1.82, 2.24) is 9.62 Å². The normalized spacial score (nSPS) is 13.9. The summed E-state index contributed by atoms with van der Waals surface area (Å²) in [5.41, 5.74) is 2.76. The van der Waals surface area contributed by atoms with Crippen molar-refractivity contribution >= 4 is 21.6 Å². The Morgan fingerprint density at radius 1 is 1.03 bits per heavy atom. The summed E-state index contributed by atoms with van der Waals surface area (Å²) in [5.74, 6) is -0.122. The minimum atomic E-state index is -3.47. The first-order valence-corrected chi connectivity index (χ1v) is 11.4. The summed E-state index contributed by atoms with van der Waals surface area (Å²) < 4.78 is 26.6. The number of sulfonamides is 1. The van der Waals surface area contributed by atoms with Crippen molar-refractivity contribution in [2.75, 3.05) is 18.4 Å². The van der Waals surface area contributed by atoms with Crippen molar-refractivity contribution in [3.05, 3.63) is 59.7 Å². The zero-order chi connectivity index (χ0) is 21.6. The summed E-state index contributed by atoms with van der Waals surface area (Å²) in [5, 5.41) is 6.17. The van der Waals surface area contributed by atoms with Gasteiger partial charge in [0.05, 0.1) is 10.9 Å². The highest BCUT2D eigenvalue weighted by molar-refractivity contribution is 7.89. The molecule has 0 fully saturated rings. The SMILES string of the molecule is CCN(CC)S(=O)(=O)c1ccc([C@@H](C)N[C@H](C)C(=O)Nc2cccc(C)c2)cc1. The predicted octanol–water partition coefficient (Wildman–Crippen LogP) is 3.70. The van der Waals surface area contributed by atoms with E-state index in [9.17, 15) is 13.2 Å². The molecule has 7 heteroatoms. The number of amides is 1. The van der Waals surface area contributed by atoms with E-state index in [4.69, 9.17) is 0 Å². The van der Waals surface area contributed by atoms with E-state index < -0.39 is 16.1 Å². The lowest BCUT2D eigenvalue weighted by atomic mass is 10.1. The highest BCUT2D eigenvalue weighted by atomic mass is 32.2. The van der Waals surface area contributed by atoms with Crippen molar-refractivity contribution < 1.29 is 13.2 Å². The third kappa shape index (κ3) is 5.88. The van der Waals surface area contributed by atoms with Crippen LogP contribution in [-0.2, 0) is 14.8 Å². The second-order valence-corrected chi connectivity index (χ2v) is 9.07. The number of nitrogens with zero attached hydrogens (tertiary/aromatic N) is 1. The Labute approximate surface area is 174 Å². The van der Waals surface area contributed by atoms with Crippen molar-refractivity contribution in [2.45, 2.75) is 51.6 Å². The van der Waals surface area contributed by atoms with Crippen LogP contribution in [0, 0.1) is 6.92 Å². The predicted molar refractivity (Wildman–Crippen MR) is 117 cm³/mol. The van der Waals surface area contributed by atoms with Gasteiger partial charge in [-0.15, -0.1) is 0 Å². The van der Waals surface area contributed by atoms with E-state index >= 15 is 0 Å². The lowest BCUT2D eigenvalue weighted by Gasteiger charge is -2.21. The third-order valence-electron chi connectivity index (χ3n) is 4.90. The number of aryl methyl sites for hydroxylation is 1. The van der Waals surface area contributed by atoms with E-state index in [1.165, 1.54) is 4.31 Å². The van der Waals surface area contributed by atoms with Gasteiger partial charge in [-0.2, -0.15) is 4.31 Å². The molecule has 2 N–H and O–H groups in total. The molecule has 0 aromatic heterocycles. The molecule has 0 bridgehead atoms. The van der Waals surface area contributed by atoms with Crippen molar-refractivity contribution in [3.63, 3.8) is 0 Å². The van der Waals surface area contributed by atoms with Crippen LogP contribution >= 0.6 is 0 Å². The maximum atomic E-state index is 12.6. The number of hydrogen-bond donors (Lipinski definition) is 2. The van der Waals surface area contributed by atoms with Crippen molar-refractivity contribution in [2.24, 2.45) is 0 Å². The van der Waals surface area contributed by atoms with E-state index in [1.807, 2.05) is 52.0 Å². The number of rotatable bonds is 9. The summed E-state index contributed by atoms with van der Waals surface area (Å²) in [6.45, 7) is 10.3. The second kappa shape index (κ2) is 10.0. The zero-order valence-corrected chi connectivity index (χ0v) is 18.6. The summed E-state index contributed by atoms with van der Waals surface area (Å²) in [6, 6.07) is 14.0. The summed E-state index contributed by atoms with van der Waals surface area (Å²) >= 11 is 0.